The number of likely N-dealkylation sites (tertiary alicyclic amines) is 1. The molecule has 0 saturated carbocycles. The van der Waals surface area contributed by atoms with E-state index in [2.05, 4.69) is 0 Å². The second-order valence-electron chi connectivity index (χ2n) is 2.76. The number of ether oxygens (including phenoxy) is 1. The van der Waals surface area contributed by atoms with Crippen LogP contribution in [-0.2, 0) is 9.53 Å². The number of imide groups is 1. The number of rotatable bonds is 2. The third-order valence-corrected chi connectivity index (χ3v) is 1.72. The third kappa shape index (κ3) is 1.96. The lowest BCUT2D eigenvalue weighted by Gasteiger charge is -2.12. The standard InChI is InChI=1S/C8H13NO3/c1-2-6-12-8(11)9-5-3-4-7(9)10/h2-6H2,1H3. The highest BCUT2D eigenvalue weighted by atomic mass is 16.6. The van der Waals surface area contributed by atoms with Crippen LogP contribution in [0.1, 0.15) is 26.2 Å². The van der Waals surface area contributed by atoms with Gasteiger partial charge in [-0.05, 0) is 12.8 Å². The Balaban J connectivity index is 2.36. The van der Waals surface area contributed by atoms with Crippen LogP contribution in [0.5, 0.6) is 0 Å². The molecule has 0 unspecified atom stereocenters. The van der Waals surface area contributed by atoms with E-state index in [4.69, 9.17) is 4.74 Å². The largest absolute Gasteiger partial charge is 0.449 e. The molecule has 0 bridgehead atoms. The second kappa shape index (κ2) is 4.09. The number of amides is 2. The molecule has 1 rings (SSSR count). The average molecular weight is 171 g/mol. The summed E-state index contributed by atoms with van der Waals surface area (Å²) in [5, 5.41) is 0. The minimum absolute atomic E-state index is 0.115. The molecule has 1 saturated heterocycles. The molecule has 0 aromatic heterocycles. The molecule has 4 nitrogen and oxygen atoms in total. The van der Waals surface area contributed by atoms with Gasteiger partial charge in [0.15, 0.2) is 0 Å². The van der Waals surface area contributed by atoms with E-state index in [0.717, 1.165) is 12.8 Å². The zero-order valence-corrected chi connectivity index (χ0v) is 7.21. The monoisotopic (exact) mass is 171 g/mol. The molecule has 1 fully saturated rings. The minimum Gasteiger partial charge on any atom is -0.449 e. The maximum Gasteiger partial charge on any atom is 0.416 e. The van der Waals surface area contributed by atoms with Crippen molar-refractivity contribution in [1.29, 1.82) is 0 Å². The first kappa shape index (κ1) is 9.03. The first-order valence-corrected chi connectivity index (χ1v) is 4.23. The summed E-state index contributed by atoms with van der Waals surface area (Å²) in [6, 6.07) is 0. The Kier molecular flexibility index (Phi) is 3.08. The highest BCUT2D eigenvalue weighted by Gasteiger charge is 2.27. The molecule has 0 spiro atoms. The van der Waals surface area contributed by atoms with E-state index in [1.807, 2.05) is 6.92 Å². The van der Waals surface area contributed by atoms with Gasteiger partial charge < -0.3 is 4.74 Å². The van der Waals surface area contributed by atoms with Gasteiger partial charge in [-0.1, -0.05) is 6.92 Å². The SMILES string of the molecule is CCCOC(=O)N1CCCC1=O. The van der Waals surface area contributed by atoms with E-state index in [-0.39, 0.29) is 5.91 Å². The predicted molar refractivity (Wildman–Crippen MR) is 42.6 cm³/mol. The van der Waals surface area contributed by atoms with Crippen LogP contribution < -0.4 is 0 Å². The van der Waals surface area contributed by atoms with Crippen molar-refractivity contribution in [3.05, 3.63) is 0 Å². The molecular formula is C8H13NO3. The second-order valence-corrected chi connectivity index (χ2v) is 2.76. The molecule has 1 aliphatic heterocycles. The average Bonchev–Trinajstić information content (AvgIpc) is 2.47. The Bertz CT molecular complexity index is 191. The molecule has 0 aliphatic carbocycles. The van der Waals surface area contributed by atoms with Gasteiger partial charge >= 0.3 is 6.09 Å². The Morgan fingerprint density at radius 2 is 2.42 bits per heavy atom. The summed E-state index contributed by atoms with van der Waals surface area (Å²) in [5.74, 6) is -0.115. The van der Waals surface area contributed by atoms with Gasteiger partial charge in [-0.25, -0.2) is 9.69 Å². The summed E-state index contributed by atoms with van der Waals surface area (Å²) in [4.78, 5) is 23.3. The van der Waals surface area contributed by atoms with E-state index >= 15 is 0 Å². The molecule has 0 aromatic carbocycles. The van der Waals surface area contributed by atoms with Crippen molar-refractivity contribution < 1.29 is 14.3 Å². The van der Waals surface area contributed by atoms with Crippen LogP contribution in [0.2, 0.25) is 0 Å². The van der Waals surface area contributed by atoms with Gasteiger partial charge in [0.1, 0.15) is 0 Å². The summed E-state index contributed by atoms with van der Waals surface area (Å²) in [6.45, 7) is 2.82. The van der Waals surface area contributed by atoms with Crippen molar-refractivity contribution >= 4 is 12.0 Å². The van der Waals surface area contributed by atoms with Crippen molar-refractivity contribution in [1.82, 2.24) is 4.90 Å². The van der Waals surface area contributed by atoms with E-state index < -0.39 is 6.09 Å². The molecule has 12 heavy (non-hydrogen) atoms. The van der Waals surface area contributed by atoms with Crippen molar-refractivity contribution in [2.24, 2.45) is 0 Å². The highest BCUT2D eigenvalue weighted by molar-refractivity contribution is 5.93. The fourth-order valence-corrected chi connectivity index (χ4v) is 1.11. The summed E-state index contributed by atoms with van der Waals surface area (Å²) in [5.41, 5.74) is 0. The quantitative estimate of drug-likeness (QED) is 0.626. The van der Waals surface area contributed by atoms with Crippen LogP contribution in [0.25, 0.3) is 0 Å². The maximum absolute atomic E-state index is 11.1. The Morgan fingerprint density at radius 3 is 2.92 bits per heavy atom. The topological polar surface area (TPSA) is 46.6 Å². The van der Waals surface area contributed by atoms with Gasteiger partial charge in [0.05, 0.1) is 6.61 Å². The number of hydrogen-bond acceptors (Lipinski definition) is 3. The van der Waals surface area contributed by atoms with Crippen LogP contribution in [-0.4, -0.2) is 30.1 Å². The van der Waals surface area contributed by atoms with Crippen molar-refractivity contribution in [2.45, 2.75) is 26.2 Å². The fourth-order valence-electron chi connectivity index (χ4n) is 1.11. The number of carbonyl (C=O) groups excluding carboxylic acids is 2. The Morgan fingerprint density at radius 1 is 1.67 bits per heavy atom. The molecule has 68 valence electrons. The van der Waals surface area contributed by atoms with E-state index in [9.17, 15) is 9.59 Å². The zero-order chi connectivity index (χ0) is 8.97. The van der Waals surface area contributed by atoms with Gasteiger partial charge in [-0.3, -0.25) is 4.79 Å². The summed E-state index contributed by atoms with van der Waals surface area (Å²) in [7, 11) is 0. The summed E-state index contributed by atoms with van der Waals surface area (Å²) >= 11 is 0. The first-order chi connectivity index (χ1) is 5.75. The van der Waals surface area contributed by atoms with E-state index in [1.165, 1.54) is 4.90 Å². The molecule has 0 aromatic rings. The van der Waals surface area contributed by atoms with E-state index in [0.29, 0.717) is 19.6 Å². The van der Waals surface area contributed by atoms with Gasteiger partial charge in [0.2, 0.25) is 5.91 Å². The zero-order valence-electron chi connectivity index (χ0n) is 7.21. The van der Waals surface area contributed by atoms with Crippen LogP contribution in [0.3, 0.4) is 0 Å². The molecule has 0 radical (unpaired) electrons. The van der Waals surface area contributed by atoms with Gasteiger partial charge in [0, 0.05) is 13.0 Å². The summed E-state index contributed by atoms with van der Waals surface area (Å²) < 4.78 is 4.81. The number of carbonyl (C=O) groups is 2. The molecular weight excluding hydrogens is 158 g/mol. The normalized spacial score (nSPS) is 16.8. The minimum atomic E-state index is -0.487. The van der Waals surface area contributed by atoms with E-state index in [1.54, 1.807) is 0 Å². The van der Waals surface area contributed by atoms with Crippen molar-refractivity contribution in [3.63, 3.8) is 0 Å². The first-order valence-electron chi connectivity index (χ1n) is 4.23. The third-order valence-electron chi connectivity index (χ3n) is 1.72. The van der Waals surface area contributed by atoms with Gasteiger partial charge in [-0.2, -0.15) is 0 Å². The molecule has 0 atom stereocenters. The van der Waals surface area contributed by atoms with Crippen LogP contribution >= 0.6 is 0 Å². The Hall–Kier alpha value is -1.06. The van der Waals surface area contributed by atoms with Crippen LogP contribution in [0.4, 0.5) is 4.79 Å². The molecule has 2 amide bonds. The number of nitrogens with zero attached hydrogens (tertiary/aromatic N) is 1. The lowest BCUT2D eigenvalue weighted by molar-refractivity contribution is -0.126. The van der Waals surface area contributed by atoms with Crippen LogP contribution in [0.15, 0.2) is 0 Å². The molecule has 1 heterocycles. The van der Waals surface area contributed by atoms with Crippen molar-refractivity contribution in [2.75, 3.05) is 13.2 Å². The predicted octanol–water partition coefficient (Wildman–Crippen LogP) is 1.16. The lowest BCUT2D eigenvalue weighted by Crippen LogP contribution is -2.32. The highest BCUT2D eigenvalue weighted by Crippen LogP contribution is 2.10. The molecule has 4 heteroatoms. The maximum atomic E-state index is 11.1. The van der Waals surface area contributed by atoms with Crippen molar-refractivity contribution in [3.8, 4) is 0 Å². The number of hydrogen-bond donors (Lipinski definition) is 0. The molecule has 1 aliphatic rings. The fraction of sp³-hybridized carbons (Fsp3) is 0.750. The smallest absolute Gasteiger partial charge is 0.416 e. The van der Waals surface area contributed by atoms with Gasteiger partial charge in [0.25, 0.3) is 0 Å². The Labute approximate surface area is 71.5 Å². The van der Waals surface area contributed by atoms with Crippen LogP contribution in [0, 0.1) is 0 Å². The van der Waals surface area contributed by atoms with Gasteiger partial charge in [-0.15, -0.1) is 0 Å². The summed E-state index contributed by atoms with van der Waals surface area (Å²) in [6.07, 6.45) is 1.54. The lowest BCUT2D eigenvalue weighted by atomic mass is 10.4. The molecule has 0 N–H and O–H groups in total.